The first-order chi connectivity index (χ1) is 14.6. The molecule has 2 heterocycles. The fraction of sp³-hybridized carbons (Fsp3) is 0.120. The van der Waals surface area contributed by atoms with E-state index in [1.165, 1.54) is 17.1 Å². The fourth-order valence-electron chi connectivity index (χ4n) is 3.64. The number of amides is 2. The smallest absolute Gasteiger partial charge is 0.261 e. The van der Waals surface area contributed by atoms with Crippen molar-refractivity contribution >= 4 is 33.9 Å². The van der Waals surface area contributed by atoms with Crippen LogP contribution in [-0.4, -0.2) is 23.3 Å². The van der Waals surface area contributed by atoms with Gasteiger partial charge in [-0.2, -0.15) is 0 Å². The van der Waals surface area contributed by atoms with Crippen LogP contribution in [0.2, 0.25) is 0 Å². The Morgan fingerprint density at radius 1 is 0.933 bits per heavy atom. The number of hydrogen-bond donors (Lipinski definition) is 0. The van der Waals surface area contributed by atoms with Gasteiger partial charge in [0.2, 0.25) is 0 Å². The third-order valence-electron chi connectivity index (χ3n) is 5.14. The van der Waals surface area contributed by atoms with Gasteiger partial charge in [0.25, 0.3) is 11.8 Å². The Morgan fingerprint density at radius 3 is 2.30 bits per heavy atom. The zero-order chi connectivity index (χ0) is 21.1. The molecule has 1 unspecified atom stereocenters. The maximum Gasteiger partial charge on any atom is 0.261 e. The van der Waals surface area contributed by atoms with Gasteiger partial charge in [-0.25, -0.2) is 0 Å². The Balaban J connectivity index is 1.58. The van der Waals surface area contributed by atoms with Gasteiger partial charge in [-0.3, -0.25) is 14.5 Å². The van der Waals surface area contributed by atoms with E-state index < -0.39 is 0 Å². The molecule has 150 valence electrons. The van der Waals surface area contributed by atoms with E-state index in [0.717, 1.165) is 21.4 Å². The quantitative estimate of drug-likeness (QED) is 0.460. The lowest BCUT2D eigenvalue weighted by Gasteiger charge is -2.22. The van der Waals surface area contributed by atoms with Crippen molar-refractivity contribution < 1.29 is 14.3 Å². The average Bonchev–Trinajstić information content (AvgIpc) is 3.38. The van der Waals surface area contributed by atoms with Crippen LogP contribution in [0.4, 0.5) is 0 Å². The van der Waals surface area contributed by atoms with Crippen LogP contribution < -0.4 is 4.74 Å². The van der Waals surface area contributed by atoms with Gasteiger partial charge in [-0.05, 0) is 22.9 Å². The normalized spacial score (nSPS) is 15.0. The van der Waals surface area contributed by atoms with Crippen LogP contribution in [-0.2, 0) is 9.59 Å². The Labute approximate surface area is 179 Å². The van der Waals surface area contributed by atoms with Crippen LogP contribution in [0.1, 0.15) is 17.4 Å². The zero-order valence-corrected chi connectivity index (χ0v) is 17.2. The predicted molar refractivity (Wildman–Crippen MR) is 120 cm³/mol. The van der Waals surface area contributed by atoms with E-state index in [0.29, 0.717) is 17.6 Å². The van der Waals surface area contributed by atoms with Gasteiger partial charge in [-0.1, -0.05) is 67.8 Å². The Kier molecular flexibility index (Phi) is 5.63. The van der Waals surface area contributed by atoms with Crippen molar-refractivity contribution in [1.29, 1.82) is 0 Å². The second-order valence-corrected chi connectivity index (χ2v) is 7.86. The summed E-state index contributed by atoms with van der Waals surface area (Å²) in [4.78, 5) is 27.6. The molecule has 2 aromatic carbocycles. The molecule has 4 nitrogen and oxygen atoms in total. The molecule has 0 saturated heterocycles. The van der Waals surface area contributed by atoms with E-state index in [2.05, 4.69) is 13.2 Å². The van der Waals surface area contributed by atoms with Crippen LogP contribution in [0, 0.1) is 0 Å². The van der Waals surface area contributed by atoms with E-state index in [4.69, 9.17) is 4.74 Å². The number of carbonyl (C=O) groups excluding carboxylic acids is 2. The van der Waals surface area contributed by atoms with Crippen LogP contribution in [0.5, 0.6) is 5.75 Å². The highest BCUT2D eigenvalue weighted by molar-refractivity contribution is 7.10. The molecule has 4 rings (SSSR count). The highest BCUT2D eigenvalue weighted by Gasteiger charge is 2.35. The van der Waals surface area contributed by atoms with Gasteiger partial charge < -0.3 is 4.74 Å². The number of imide groups is 1. The highest BCUT2D eigenvalue weighted by atomic mass is 32.1. The number of rotatable bonds is 8. The molecule has 0 bridgehead atoms. The third kappa shape index (κ3) is 3.60. The van der Waals surface area contributed by atoms with E-state index in [1.54, 1.807) is 11.3 Å². The molecule has 30 heavy (non-hydrogen) atoms. The SMILES string of the molecule is C=CC1=C(C=C)C(=O)N(CCC(Oc2cccc3ccccc23)c2cccs2)C1=O. The standard InChI is InChI=1S/C25H21NO3S/c1-3-18-19(4-2)25(28)26(24(18)27)15-14-22(23-13-8-16-30-23)29-21-12-7-10-17-9-5-6-11-20(17)21/h3-13,16,22H,1-2,14-15H2. The summed E-state index contributed by atoms with van der Waals surface area (Å²) in [6.07, 6.45) is 3.04. The van der Waals surface area contributed by atoms with Gasteiger partial charge in [-0.15, -0.1) is 11.3 Å². The molecule has 1 aliphatic rings. The average molecular weight is 416 g/mol. The number of carbonyl (C=O) groups is 2. The molecular formula is C25H21NO3S. The Hall–Kier alpha value is -3.44. The summed E-state index contributed by atoms with van der Waals surface area (Å²) in [5, 5.41) is 4.12. The third-order valence-corrected chi connectivity index (χ3v) is 6.11. The molecule has 5 heteroatoms. The lowest BCUT2D eigenvalue weighted by molar-refractivity contribution is -0.137. The molecular weight excluding hydrogens is 394 g/mol. The van der Waals surface area contributed by atoms with Gasteiger partial charge in [0, 0.05) is 23.2 Å². The molecule has 0 saturated carbocycles. The van der Waals surface area contributed by atoms with Gasteiger partial charge in [0.15, 0.2) is 0 Å². The fourth-order valence-corrected chi connectivity index (χ4v) is 4.43. The molecule has 0 fully saturated rings. The highest BCUT2D eigenvalue weighted by Crippen LogP contribution is 2.33. The second-order valence-electron chi connectivity index (χ2n) is 6.89. The molecule has 1 aliphatic heterocycles. The number of nitrogens with zero attached hydrogens (tertiary/aromatic N) is 1. The summed E-state index contributed by atoms with van der Waals surface area (Å²) < 4.78 is 6.42. The summed E-state index contributed by atoms with van der Waals surface area (Å²) in [6, 6.07) is 18.0. The zero-order valence-electron chi connectivity index (χ0n) is 16.4. The molecule has 0 aliphatic carbocycles. The van der Waals surface area contributed by atoms with E-state index in [9.17, 15) is 9.59 Å². The largest absolute Gasteiger partial charge is 0.484 e. The summed E-state index contributed by atoms with van der Waals surface area (Å²) in [6.45, 7) is 7.55. The predicted octanol–water partition coefficient (Wildman–Crippen LogP) is 5.45. The molecule has 0 radical (unpaired) electrons. The van der Waals surface area contributed by atoms with Crippen LogP contribution in [0.3, 0.4) is 0 Å². The first-order valence-corrected chi connectivity index (χ1v) is 10.5. The van der Waals surface area contributed by atoms with Gasteiger partial charge in [0.05, 0.1) is 11.1 Å². The van der Waals surface area contributed by atoms with Crippen molar-refractivity contribution in [3.63, 3.8) is 0 Å². The summed E-state index contributed by atoms with van der Waals surface area (Å²) in [5.74, 6) is 0.113. The minimum Gasteiger partial charge on any atom is -0.484 e. The molecule has 2 amide bonds. The first kappa shape index (κ1) is 19.9. The van der Waals surface area contributed by atoms with Crippen molar-refractivity contribution in [3.05, 3.63) is 101 Å². The molecule has 1 aromatic heterocycles. The molecule has 3 aromatic rings. The summed E-state index contributed by atoms with van der Waals surface area (Å²) in [5.41, 5.74) is 0.607. The topological polar surface area (TPSA) is 46.6 Å². The lowest BCUT2D eigenvalue weighted by atomic mass is 10.1. The first-order valence-electron chi connectivity index (χ1n) is 9.67. The summed E-state index contributed by atoms with van der Waals surface area (Å²) >= 11 is 1.59. The van der Waals surface area contributed by atoms with E-state index >= 15 is 0 Å². The Morgan fingerprint density at radius 2 is 1.63 bits per heavy atom. The molecule has 0 N–H and O–H groups in total. The lowest BCUT2D eigenvalue weighted by Crippen LogP contribution is -2.33. The van der Waals surface area contributed by atoms with Crippen molar-refractivity contribution in [2.45, 2.75) is 12.5 Å². The minimum absolute atomic E-state index is 0.250. The molecule has 1 atom stereocenters. The second kappa shape index (κ2) is 8.51. The maximum absolute atomic E-state index is 12.6. The number of thiophene rings is 1. The van der Waals surface area contributed by atoms with Gasteiger partial charge in [0.1, 0.15) is 11.9 Å². The maximum atomic E-state index is 12.6. The number of fused-ring (bicyclic) bond motifs is 1. The van der Waals surface area contributed by atoms with E-state index in [1.807, 2.05) is 60.0 Å². The van der Waals surface area contributed by atoms with Crippen molar-refractivity contribution in [2.75, 3.05) is 6.54 Å². The van der Waals surface area contributed by atoms with Crippen molar-refractivity contribution in [2.24, 2.45) is 0 Å². The molecule has 0 spiro atoms. The van der Waals surface area contributed by atoms with Crippen molar-refractivity contribution in [3.8, 4) is 5.75 Å². The van der Waals surface area contributed by atoms with Crippen LogP contribution in [0.15, 0.2) is 96.4 Å². The van der Waals surface area contributed by atoms with Crippen LogP contribution >= 0.6 is 11.3 Å². The van der Waals surface area contributed by atoms with Gasteiger partial charge >= 0.3 is 0 Å². The van der Waals surface area contributed by atoms with E-state index in [-0.39, 0.29) is 24.5 Å². The number of hydrogen-bond acceptors (Lipinski definition) is 4. The van der Waals surface area contributed by atoms with Crippen LogP contribution in [0.25, 0.3) is 10.8 Å². The summed E-state index contributed by atoms with van der Waals surface area (Å²) in [7, 11) is 0. The Bertz CT molecular complexity index is 1120. The monoisotopic (exact) mass is 415 g/mol. The number of benzene rings is 2. The van der Waals surface area contributed by atoms with Crippen molar-refractivity contribution in [1.82, 2.24) is 4.90 Å². The number of ether oxygens (including phenoxy) is 1. The minimum atomic E-state index is -0.333.